The molecule has 0 aliphatic heterocycles. The average Bonchev–Trinajstić information content (AvgIpc) is 3.54. The number of aromatic nitrogens is 2. The fourth-order valence-corrected chi connectivity index (χ4v) is 3.89. The van der Waals surface area contributed by atoms with Crippen LogP contribution in [0.4, 0.5) is 11.4 Å². The normalized spacial score (nSPS) is 10.8. The zero-order chi connectivity index (χ0) is 21.9. The Morgan fingerprint density at radius 2 is 0.906 bits per heavy atom. The van der Waals surface area contributed by atoms with E-state index in [9.17, 15) is 0 Å². The number of hydrogen-bond donors (Lipinski definition) is 4. The predicted octanol–water partition coefficient (Wildman–Crippen LogP) is 8.34. The van der Waals surface area contributed by atoms with Crippen LogP contribution in [0.25, 0.3) is 45.0 Å². The van der Waals surface area contributed by atoms with Crippen LogP contribution in [0.5, 0.6) is 0 Å². The van der Waals surface area contributed by atoms with E-state index in [1.165, 1.54) is 0 Å². The van der Waals surface area contributed by atoms with Crippen LogP contribution < -0.4 is 0 Å². The number of benzene rings is 3. The van der Waals surface area contributed by atoms with Crippen molar-refractivity contribution < 1.29 is 0 Å². The van der Waals surface area contributed by atoms with Crippen LogP contribution in [0.1, 0.15) is 0 Å². The molecule has 32 heavy (non-hydrogen) atoms. The van der Waals surface area contributed by atoms with Crippen molar-refractivity contribution in [1.29, 1.82) is 11.1 Å². The lowest BCUT2D eigenvalue weighted by atomic mass is 10.1. The molecule has 0 aliphatic carbocycles. The van der Waals surface area contributed by atoms with E-state index in [0.717, 1.165) is 45.0 Å². The van der Waals surface area contributed by atoms with Gasteiger partial charge in [-0.25, -0.2) is 11.1 Å². The average molecular weight is 416 g/mol. The minimum absolute atomic E-state index is 0.633. The highest BCUT2D eigenvalue weighted by atomic mass is 15.0. The third-order valence-corrected chi connectivity index (χ3v) is 5.49. The van der Waals surface area contributed by atoms with Crippen molar-refractivity contribution in [3.8, 4) is 45.0 Å². The van der Waals surface area contributed by atoms with Gasteiger partial charge in [-0.2, -0.15) is 10.2 Å². The lowest BCUT2D eigenvalue weighted by Crippen LogP contribution is -1.84. The van der Waals surface area contributed by atoms with Crippen LogP contribution >= 0.6 is 0 Å². The molecule has 3 aromatic carbocycles. The van der Waals surface area contributed by atoms with Gasteiger partial charge in [0.1, 0.15) is 0 Å². The highest BCUT2D eigenvalue weighted by Gasteiger charge is 2.11. The molecule has 0 amide bonds. The van der Waals surface area contributed by atoms with Gasteiger partial charge < -0.3 is 9.97 Å². The Morgan fingerprint density at radius 3 is 1.38 bits per heavy atom. The molecule has 5 rings (SSSR count). The molecule has 0 saturated carbocycles. The van der Waals surface area contributed by atoms with Crippen LogP contribution in [0.2, 0.25) is 0 Å². The Kier molecular flexibility index (Phi) is 5.01. The molecule has 6 heteroatoms. The zero-order valence-electron chi connectivity index (χ0n) is 17.1. The summed E-state index contributed by atoms with van der Waals surface area (Å²) in [6.07, 6.45) is 0. The van der Waals surface area contributed by atoms with Crippen molar-refractivity contribution in [2.24, 2.45) is 10.2 Å². The molecule has 2 aromatic heterocycles. The third-order valence-electron chi connectivity index (χ3n) is 5.49. The first-order valence-corrected chi connectivity index (χ1v) is 10.2. The molecular weight excluding hydrogens is 396 g/mol. The number of rotatable bonds is 6. The highest BCUT2D eigenvalue weighted by Crippen LogP contribution is 2.34. The predicted molar refractivity (Wildman–Crippen MR) is 127 cm³/mol. The van der Waals surface area contributed by atoms with Crippen LogP contribution in [0.15, 0.2) is 107 Å². The number of nitrogens with one attached hydrogen (secondary N) is 4. The maximum atomic E-state index is 7.41. The fraction of sp³-hybridized carbons (Fsp3) is 0. The van der Waals surface area contributed by atoms with Crippen molar-refractivity contribution in [3.05, 3.63) is 97.1 Å². The lowest BCUT2D eigenvalue weighted by Gasteiger charge is -2.05. The van der Waals surface area contributed by atoms with Gasteiger partial charge >= 0.3 is 0 Å². The summed E-state index contributed by atoms with van der Waals surface area (Å²) in [4.78, 5) is 6.92. The van der Waals surface area contributed by atoms with Gasteiger partial charge in [-0.3, -0.25) is 0 Å². The smallest absolute Gasteiger partial charge is 0.0943 e. The number of H-pyrrole nitrogens is 2. The lowest BCUT2D eigenvalue weighted by molar-refractivity contribution is 1.15. The topological polar surface area (TPSA) is 104 Å². The minimum atomic E-state index is 0.633. The number of aromatic amines is 2. The molecule has 6 nitrogen and oxygen atoms in total. The fourth-order valence-electron chi connectivity index (χ4n) is 3.89. The second kappa shape index (κ2) is 8.28. The largest absolute Gasteiger partial charge is 0.354 e. The molecule has 0 fully saturated rings. The quantitative estimate of drug-likeness (QED) is 0.200. The van der Waals surface area contributed by atoms with Crippen molar-refractivity contribution in [3.63, 3.8) is 0 Å². The summed E-state index contributed by atoms with van der Waals surface area (Å²) in [5.41, 5.74) is 23.8. The van der Waals surface area contributed by atoms with Gasteiger partial charge in [0, 0.05) is 33.9 Å². The van der Waals surface area contributed by atoms with Crippen LogP contribution in [-0.2, 0) is 0 Å². The van der Waals surface area contributed by atoms with Crippen LogP contribution in [0, 0.1) is 11.1 Å². The molecule has 0 bridgehead atoms. The first-order chi connectivity index (χ1) is 15.8. The monoisotopic (exact) mass is 416 g/mol. The van der Waals surface area contributed by atoms with Crippen molar-refractivity contribution >= 4 is 11.4 Å². The summed E-state index contributed by atoms with van der Waals surface area (Å²) >= 11 is 0. The Bertz CT molecular complexity index is 1320. The third kappa shape index (κ3) is 3.54. The van der Waals surface area contributed by atoms with E-state index in [2.05, 4.69) is 38.4 Å². The molecule has 0 aliphatic rings. The number of para-hydroxylation sites is 2. The summed E-state index contributed by atoms with van der Waals surface area (Å²) in [5, 5.41) is 7.26. The first-order valence-electron chi connectivity index (χ1n) is 10.2. The summed E-state index contributed by atoms with van der Waals surface area (Å²) in [6.45, 7) is 0. The molecule has 0 spiro atoms. The SMILES string of the molecule is N=Nc1ccccc1-c1ccc(-c2cccc(-c3ccc(-c4ccccc4N=N)[nH]3)c2)[nH]1. The molecule has 0 saturated heterocycles. The van der Waals surface area contributed by atoms with E-state index < -0.39 is 0 Å². The first kappa shape index (κ1) is 19.4. The summed E-state index contributed by atoms with van der Waals surface area (Å²) in [7, 11) is 0. The van der Waals surface area contributed by atoms with E-state index in [1.807, 2.05) is 78.9 Å². The Labute approximate surface area is 185 Å². The van der Waals surface area contributed by atoms with Crippen molar-refractivity contribution in [2.75, 3.05) is 0 Å². The van der Waals surface area contributed by atoms with Crippen LogP contribution in [-0.4, -0.2) is 9.97 Å². The van der Waals surface area contributed by atoms with Gasteiger partial charge in [-0.1, -0.05) is 54.6 Å². The second-order valence-corrected chi connectivity index (χ2v) is 7.41. The van der Waals surface area contributed by atoms with Crippen LogP contribution in [0.3, 0.4) is 0 Å². The molecule has 2 heterocycles. The van der Waals surface area contributed by atoms with Gasteiger partial charge in [0.15, 0.2) is 0 Å². The molecular formula is C26H20N6. The van der Waals surface area contributed by atoms with Crippen molar-refractivity contribution in [2.45, 2.75) is 0 Å². The van der Waals surface area contributed by atoms with E-state index in [-0.39, 0.29) is 0 Å². The van der Waals surface area contributed by atoms with E-state index in [0.29, 0.717) is 11.4 Å². The minimum Gasteiger partial charge on any atom is -0.354 e. The Morgan fingerprint density at radius 1 is 0.469 bits per heavy atom. The van der Waals surface area contributed by atoms with E-state index in [4.69, 9.17) is 11.1 Å². The summed E-state index contributed by atoms with van der Waals surface area (Å²) < 4.78 is 0. The summed E-state index contributed by atoms with van der Waals surface area (Å²) in [6, 6.07) is 31.6. The Balaban J connectivity index is 1.48. The van der Waals surface area contributed by atoms with Gasteiger partial charge in [0.25, 0.3) is 0 Å². The highest BCUT2D eigenvalue weighted by molar-refractivity contribution is 5.79. The Hall–Kier alpha value is -4.58. The van der Waals surface area contributed by atoms with Gasteiger partial charge in [-0.15, -0.1) is 0 Å². The van der Waals surface area contributed by atoms with Crippen molar-refractivity contribution in [1.82, 2.24) is 9.97 Å². The molecule has 154 valence electrons. The van der Waals surface area contributed by atoms with Gasteiger partial charge in [0.2, 0.25) is 0 Å². The van der Waals surface area contributed by atoms with Gasteiger partial charge in [-0.05, 0) is 53.6 Å². The molecule has 5 aromatic rings. The molecule has 4 N–H and O–H groups in total. The molecule has 0 atom stereocenters. The number of nitrogens with zero attached hydrogens (tertiary/aromatic N) is 2. The number of hydrogen-bond acceptors (Lipinski definition) is 4. The molecule has 0 radical (unpaired) electrons. The maximum absolute atomic E-state index is 7.41. The van der Waals surface area contributed by atoms with E-state index in [1.54, 1.807) is 0 Å². The van der Waals surface area contributed by atoms with Gasteiger partial charge in [0.05, 0.1) is 11.4 Å². The molecule has 0 unspecified atom stereocenters. The summed E-state index contributed by atoms with van der Waals surface area (Å²) in [5.74, 6) is 0. The standard InChI is InChI=1S/C26H20N6/c27-31-25-10-3-1-8-19(25)23-14-12-21(29-23)17-6-5-7-18(16-17)22-13-15-24(30-22)20-9-2-4-11-26(20)32-28/h1-16,27-30H. The second-order valence-electron chi connectivity index (χ2n) is 7.41. The maximum Gasteiger partial charge on any atom is 0.0943 e. The zero-order valence-corrected chi connectivity index (χ0v) is 17.1. The van der Waals surface area contributed by atoms with E-state index >= 15 is 0 Å².